The molecule has 0 aliphatic carbocycles. The first-order valence-corrected chi connectivity index (χ1v) is 7.18. The Morgan fingerprint density at radius 1 is 1.25 bits per heavy atom. The lowest BCUT2D eigenvalue weighted by Gasteiger charge is -2.22. The van der Waals surface area contributed by atoms with Gasteiger partial charge in [0.1, 0.15) is 5.75 Å². The van der Waals surface area contributed by atoms with Crippen molar-refractivity contribution in [3.63, 3.8) is 0 Å². The van der Waals surface area contributed by atoms with E-state index in [0.717, 1.165) is 12.1 Å². The molecule has 9 heteroatoms. The number of amides is 2. The van der Waals surface area contributed by atoms with E-state index >= 15 is 0 Å². The van der Waals surface area contributed by atoms with Crippen molar-refractivity contribution in [2.24, 2.45) is 0 Å². The Morgan fingerprint density at radius 3 is 2.25 bits per heavy atom. The fraction of sp³-hybridized carbons (Fsp3) is 0.467. The van der Waals surface area contributed by atoms with Crippen LogP contribution >= 0.6 is 0 Å². The molecule has 6 nitrogen and oxygen atoms in total. The van der Waals surface area contributed by atoms with Gasteiger partial charge in [-0.25, -0.2) is 0 Å². The Balaban J connectivity index is 2.62. The van der Waals surface area contributed by atoms with Gasteiger partial charge in [0.15, 0.2) is 12.6 Å². The summed E-state index contributed by atoms with van der Waals surface area (Å²) in [6.45, 7) is 1.81. The molecule has 0 fully saturated rings. The Labute approximate surface area is 138 Å². The van der Waals surface area contributed by atoms with Crippen molar-refractivity contribution < 1.29 is 32.4 Å². The van der Waals surface area contributed by atoms with Gasteiger partial charge in [-0.1, -0.05) is 0 Å². The highest BCUT2D eigenvalue weighted by atomic mass is 19.4. The van der Waals surface area contributed by atoms with Crippen molar-refractivity contribution in [2.75, 3.05) is 33.0 Å². The third-order valence-corrected chi connectivity index (χ3v) is 3.42. The number of benzene rings is 1. The van der Waals surface area contributed by atoms with Crippen molar-refractivity contribution in [3.05, 3.63) is 24.3 Å². The minimum atomic E-state index is -4.76. The monoisotopic (exact) mass is 348 g/mol. The summed E-state index contributed by atoms with van der Waals surface area (Å²) < 4.78 is 40.0. The molecule has 2 N–H and O–H groups in total. The molecule has 24 heavy (non-hydrogen) atoms. The lowest BCUT2D eigenvalue weighted by molar-refractivity contribution is -0.886. The van der Waals surface area contributed by atoms with Gasteiger partial charge in [-0.05, 0) is 31.2 Å². The number of hydrogen-bond acceptors (Lipinski definition) is 3. The van der Waals surface area contributed by atoms with Gasteiger partial charge >= 0.3 is 6.36 Å². The molecule has 1 unspecified atom stereocenters. The first-order chi connectivity index (χ1) is 11.0. The molecule has 1 aromatic rings. The number of anilines is 1. The molecular weight excluding hydrogens is 327 g/mol. The summed E-state index contributed by atoms with van der Waals surface area (Å²) in [5.74, 6) is -0.822. The lowest BCUT2D eigenvalue weighted by Crippen LogP contribution is -3.15. The molecule has 2 amide bonds. The second kappa shape index (κ2) is 8.00. The summed E-state index contributed by atoms with van der Waals surface area (Å²) in [5.41, 5.74) is 0.341. The maximum atomic E-state index is 12.2. The fourth-order valence-corrected chi connectivity index (χ4v) is 1.76. The topological polar surface area (TPSA) is 63.1 Å². The highest BCUT2D eigenvalue weighted by Gasteiger charge is 2.31. The molecule has 0 spiro atoms. The highest BCUT2D eigenvalue weighted by Crippen LogP contribution is 2.23. The van der Waals surface area contributed by atoms with Crippen molar-refractivity contribution in [3.8, 4) is 5.75 Å². The lowest BCUT2D eigenvalue weighted by atomic mass is 10.2. The van der Waals surface area contributed by atoms with Crippen molar-refractivity contribution in [1.82, 2.24) is 4.90 Å². The second-order valence-corrected chi connectivity index (χ2v) is 5.59. The van der Waals surface area contributed by atoms with Crippen LogP contribution < -0.4 is 15.0 Å². The number of ether oxygens (including phenoxy) is 1. The van der Waals surface area contributed by atoms with E-state index in [2.05, 4.69) is 10.1 Å². The Morgan fingerprint density at radius 2 is 1.79 bits per heavy atom. The van der Waals surface area contributed by atoms with Gasteiger partial charge in [0.2, 0.25) is 0 Å². The molecule has 2 atom stereocenters. The first kappa shape index (κ1) is 19.8. The number of carbonyl (C=O) groups excluding carboxylic acids is 2. The molecule has 134 valence electrons. The molecule has 1 rings (SSSR count). The molecule has 0 heterocycles. The van der Waals surface area contributed by atoms with E-state index in [1.54, 1.807) is 28.1 Å². The molecule has 0 aromatic heterocycles. The summed E-state index contributed by atoms with van der Waals surface area (Å²) in [4.78, 5) is 25.9. The van der Waals surface area contributed by atoms with E-state index in [-0.39, 0.29) is 24.1 Å². The van der Waals surface area contributed by atoms with E-state index in [1.807, 2.05) is 0 Å². The zero-order valence-electron chi connectivity index (χ0n) is 13.9. The first-order valence-electron chi connectivity index (χ1n) is 7.18. The molecule has 0 radical (unpaired) electrons. The number of alkyl halides is 3. The van der Waals surface area contributed by atoms with E-state index < -0.39 is 12.4 Å². The summed E-state index contributed by atoms with van der Waals surface area (Å²) in [7, 11) is 4.97. The number of nitrogens with one attached hydrogen (secondary N) is 2. The Kier molecular flexibility index (Phi) is 6.59. The number of hydrogen-bond donors (Lipinski definition) is 2. The number of likely N-dealkylation sites (N-methyl/N-ethyl adjacent to an activating group) is 2. The van der Waals surface area contributed by atoms with Crippen LogP contribution in [0.25, 0.3) is 0 Å². The summed E-state index contributed by atoms with van der Waals surface area (Å²) in [6.07, 6.45) is -4.76. The quantitative estimate of drug-likeness (QED) is 0.788. The molecular formula is C15H21F3N3O3+. The van der Waals surface area contributed by atoms with E-state index in [9.17, 15) is 22.8 Å². The maximum Gasteiger partial charge on any atom is 0.573 e. The number of carbonyl (C=O) groups is 2. The SMILES string of the molecule is C[C@@H](C(=O)Nc1ccc(OC(F)(F)F)cc1)[NH+](C)CC(=O)N(C)C. The molecule has 0 bridgehead atoms. The zero-order chi connectivity index (χ0) is 18.5. The van der Waals surface area contributed by atoms with Crippen LogP contribution in [0.15, 0.2) is 24.3 Å². The van der Waals surface area contributed by atoms with Gasteiger partial charge in [-0.3, -0.25) is 9.59 Å². The minimum Gasteiger partial charge on any atom is -0.406 e. The van der Waals surface area contributed by atoms with Crippen LogP contribution in [-0.2, 0) is 9.59 Å². The second-order valence-electron chi connectivity index (χ2n) is 5.59. The van der Waals surface area contributed by atoms with Crippen molar-refractivity contribution in [1.29, 1.82) is 0 Å². The maximum absolute atomic E-state index is 12.2. The highest BCUT2D eigenvalue weighted by molar-refractivity contribution is 5.93. The van der Waals surface area contributed by atoms with Crippen LogP contribution in [0.4, 0.5) is 18.9 Å². The van der Waals surface area contributed by atoms with Crippen LogP contribution in [0.3, 0.4) is 0 Å². The number of rotatable bonds is 6. The minimum absolute atomic E-state index is 0.110. The van der Waals surface area contributed by atoms with Crippen LogP contribution in [0.1, 0.15) is 6.92 Å². The normalized spacial score (nSPS) is 13.8. The Hall–Kier alpha value is -2.29. The molecule has 0 aliphatic rings. The predicted molar refractivity (Wildman–Crippen MR) is 81.7 cm³/mol. The molecule has 0 saturated carbocycles. The average molecular weight is 348 g/mol. The summed E-state index contributed by atoms with van der Waals surface area (Å²) >= 11 is 0. The molecule has 0 aliphatic heterocycles. The van der Waals surface area contributed by atoms with Crippen molar-refractivity contribution >= 4 is 17.5 Å². The standard InChI is InChI=1S/C15H20F3N3O3/c1-10(21(4)9-13(22)20(2)3)14(23)19-11-5-7-12(8-6-11)24-15(16,17)18/h5-8,10H,9H2,1-4H3,(H,19,23)/p+1/t10-/m0/s1. The van der Waals surface area contributed by atoms with Crippen LogP contribution in [0.2, 0.25) is 0 Å². The third-order valence-electron chi connectivity index (χ3n) is 3.42. The van der Waals surface area contributed by atoms with Gasteiger partial charge in [0.25, 0.3) is 11.8 Å². The number of nitrogens with zero attached hydrogens (tertiary/aromatic N) is 1. The van der Waals surface area contributed by atoms with E-state index in [4.69, 9.17) is 0 Å². The van der Waals surface area contributed by atoms with Gasteiger partial charge in [0.05, 0.1) is 7.05 Å². The van der Waals surface area contributed by atoms with Gasteiger partial charge < -0.3 is 19.9 Å². The van der Waals surface area contributed by atoms with Gasteiger partial charge in [0, 0.05) is 19.8 Å². The zero-order valence-corrected chi connectivity index (χ0v) is 13.9. The predicted octanol–water partition coefficient (Wildman–Crippen LogP) is 0.515. The largest absolute Gasteiger partial charge is 0.573 e. The number of quaternary nitrogens is 1. The number of halogens is 3. The summed E-state index contributed by atoms with van der Waals surface area (Å²) in [5, 5.41) is 2.59. The third kappa shape index (κ3) is 6.45. The van der Waals surface area contributed by atoms with Crippen LogP contribution in [0.5, 0.6) is 5.75 Å². The van der Waals surface area contributed by atoms with Gasteiger partial charge in [-0.15, -0.1) is 13.2 Å². The summed E-state index contributed by atoms with van der Waals surface area (Å²) in [6, 6.07) is 4.33. The molecule has 0 saturated heterocycles. The fourth-order valence-electron chi connectivity index (χ4n) is 1.76. The average Bonchev–Trinajstić information content (AvgIpc) is 2.46. The Bertz CT molecular complexity index is 574. The van der Waals surface area contributed by atoms with E-state index in [1.165, 1.54) is 17.0 Å². The van der Waals surface area contributed by atoms with Crippen LogP contribution in [0, 0.1) is 0 Å². The van der Waals surface area contributed by atoms with Crippen molar-refractivity contribution in [2.45, 2.75) is 19.3 Å². The van der Waals surface area contributed by atoms with Gasteiger partial charge in [-0.2, -0.15) is 0 Å². The molecule has 1 aromatic carbocycles. The van der Waals surface area contributed by atoms with Crippen LogP contribution in [-0.4, -0.2) is 56.8 Å². The smallest absolute Gasteiger partial charge is 0.406 e. The van der Waals surface area contributed by atoms with E-state index in [0.29, 0.717) is 10.6 Å².